The zero-order valence-corrected chi connectivity index (χ0v) is 14.9. The van der Waals surface area contributed by atoms with Crippen LogP contribution < -0.4 is 4.90 Å². The second kappa shape index (κ2) is 6.98. The van der Waals surface area contributed by atoms with Crippen molar-refractivity contribution in [2.75, 3.05) is 18.0 Å². The zero-order valence-electron chi connectivity index (χ0n) is 13.4. The van der Waals surface area contributed by atoms with Crippen LogP contribution in [-0.2, 0) is 6.42 Å². The quantitative estimate of drug-likeness (QED) is 0.593. The van der Waals surface area contributed by atoms with Crippen molar-refractivity contribution >= 4 is 28.9 Å². The Bertz CT molecular complexity index is 724. The maximum absolute atomic E-state index is 6.78. The molecule has 0 amide bonds. The highest BCUT2D eigenvalue weighted by Gasteiger charge is 2.23. The van der Waals surface area contributed by atoms with E-state index < -0.39 is 0 Å². The monoisotopic (exact) mass is 345 g/mol. The van der Waals surface area contributed by atoms with Crippen LogP contribution in [0.4, 0.5) is 5.69 Å². The molecule has 120 valence electrons. The minimum atomic E-state index is 0.717. The van der Waals surface area contributed by atoms with Gasteiger partial charge in [-0.25, -0.2) is 0 Å². The summed E-state index contributed by atoms with van der Waals surface area (Å²) in [7, 11) is 0. The number of rotatable bonds is 4. The Morgan fingerprint density at radius 3 is 2.74 bits per heavy atom. The molecule has 1 nitrogen and oxygen atoms in total. The van der Waals surface area contributed by atoms with Gasteiger partial charge >= 0.3 is 0 Å². The summed E-state index contributed by atoms with van der Waals surface area (Å²) < 4.78 is 0. The largest absolute Gasteiger partial charge is 0.371 e. The van der Waals surface area contributed by atoms with Gasteiger partial charge < -0.3 is 4.90 Å². The first-order chi connectivity index (χ1) is 11.1. The Labute approximate surface area is 148 Å². The average Bonchev–Trinajstić information content (AvgIpc) is 2.95. The molecule has 2 aromatic carbocycles. The topological polar surface area (TPSA) is 3.24 Å². The van der Waals surface area contributed by atoms with E-state index in [4.69, 9.17) is 23.2 Å². The fraction of sp³-hybridized carbons (Fsp3) is 0.300. The summed E-state index contributed by atoms with van der Waals surface area (Å²) in [5.74, 6) is 0.717. The molecule has 3 rings (SSSR count). The number of nitrogens with zero attached hydrogens (tertiary/aromatic N) is 1. The van der Waals surface area contributed by atoms with Crippen LogP contribution in [0.25, 0.3) is 11.1 Å². The molecule has 0 N–H and O–H groups in total. The van der Waals surface area contributed by atoms with Crippen molar-refractivity contribution in [3.8, 4) is 11.1 Å². The van der Waals surface area contributed by atoms with Gasteiger partial charge in [0, 0.05) is 29.4 Å². The third kappa shape index (κ3) is 3.41. The number of hydrogen-bond acceptors (Lipinski definition) is 1. The predicted octanol–water partition coefficient (Wildman–Crippen LogP) is 6.24. The smallest absolute Gasteiger partial charge is 0.0540 e. The van der Waals surface area contributed by atoms with Crippen LogP contribution in [0, 0.1) is 5.92 Å². The number of allylic oxidation sites excluding steroid dienone is 1. The summed E-state index contributed by atoms with van der Waals surface area (Å²) in [5.41, 5.74) is 4.47. The van der Waals surface area contributed by atoms with Crippen LogP contribution in [0.1, 0.15) is 18.9 Å². The SMILES string of the molecule is C=CCc1ccc(N2CCC(C)C2)c(-c2cccc(Cl)c2)c1Cl. The average molecular weight is 346 g/mol. The lowest BCUT2D eigenvalue weighted by Crippen LogP contribution is -2.20. The zero-order chi connectivity index (χ0) is 16.4. The number of benzene rings is 2. The van der Waals surface area contributed by atoms with Crippen molar-refractivity contribution in [1.82, 2.24) is 0 Å². The molecule has 0 aromatic heterocycles. The normalized spacial score (nSPS) is 17.5. The molecule has 0 aliphatic carbocycles. The Hall–Kier alpha value is -1.44. The second-order valence-corrected chi connectivity index (χ2v) is 7.09. The minimum absolute atomic E-state index is 0.717. The van der Waals surface area contributed by atoms with Gasteiger partial charge in [0.25, 0.3) is 0 Å². The molecule has 23 heavy (non-hydrogen) atoms. The molecule has 0 saturated carbocycles. The van der Waals surface area contributed by atoms with Gasteiger partial charge in [-0.3, -0.25) is 0 Å². The molecule has 0 spiro atoms. The molecular formula is C20H21Cl2N. The highest BCUT2D eigenvalue weighted by Crippen LogP contribution is 2.41. The summed E-state index contributed by atoms with van der Waals surface area (Å²) in [6.07, 6.45) is 3.88. The number of halogens is 2. The van der Waals surface area contributed by atoms with Crippen molar-refractivity contribution in [1.29, 1.82) is 0 Å². The van der Waals surface area contributed by atoms with E-state index in [9.17, 15) is 0 Å². The molecular weight excluding hydrogens is 325 g/mol. The van der Waals surface area contributed by atoms with Crippen LogP contribution in [0.3, 0.4) is 0 Å². The van der Waals surface area contributed by atoms with Crippen molar-refractivity contribution in [2.45, 2.75) is 19.8 Å². The highest BCUT2D eigenvalue weighted by atomic mass is 35.5. The Morgan fingerprint density at radius 2 is 2.09 bits per heavy atom. The van der Waals surface area contributed by atoms with E-state index in [0.717, 1.165) is 46.2 Å². The standard InChI is InChI=1S/C20H21Cl2N/c1-3-5-15-8-9-18(23-11-10-14(2)13-23)19(20(15)22)16-6-4-7-17(21)12-16/h3-4,6-9,12,14H,1,5,10-11,13H2,2H3. The van der Waals surface area contributed by atoms with Gasteiger partial charge in [-0.15, -0.1) is 6.58 Å². The minimum Gasteiger partial charge on any atom is -0.371 e. The van der Waals surface area contributed by atoms with E-state index in [2.05, 4.69) is 36.6 Å². The van der Waals surface area contributed by atoms with Crippen molar-refractivity contribution in [3.63, 3.8) is 0 Å². The van der Waals surface area contributed by atoms with Crippen LogP contribution in [0.2, 0.25) is 10.0 Å². The van der Waals surface area contributed by atoms with Gasteiger partial charge in [0.05, 0.1) is 5.02 Å². The Kier molecular flexibility index (Phi) is 4.99. The summed E-state index contributed by atoms with van der Waals surface area (Å²) >= 11 is 13.0. The molecule has 1 heterocycles. The fourth-order valence-corrected chi connectivity index (χ4v) is 3.79. The van der Waals surface area contributed by atoms with Gasteiger partial charge in [-0.05, 0) is 48.1 Å². The van der Waals surface area contributed by atoms with Gasteiger partial charge in [-0.2, -0.15) is 0 Å². The van der Waals surface area contributed by atoms with E-state index in [-0.39, 0.29) is 0 Å². The first-order valence-corrected chi connectivity index (χ1v) is 8.79. The third-order valence-corrected chi connectivity index (χ3v) is 5.11. The van der Waals surface area contributed by atoms with E-state index in [1.165, 1.54) is 12.1 Å². The first-order valence-electron chi connectivity index (χ1n) is 8.03. The lowest BCUT2D eigenvalue weighted by Gasteiger charge is -2.24. The van der Waals surface area contributed by atoms with Crippen molar-refractivity contribution in [3.05, 3.63) is 64.7 Å². The maximum Gasteiger partial charge on any atom is 0.0540 e. The molecule has 2 aromatic rings. The van der Waals surface area contributed by atoms with Gasteiger partial charge in [-0.1, -0.05) is 54.4 Å². The number of anilines is 1. The molecule has 1 aliphatic rings. The third-order valence-electron chi connectivity index (χ3n) is 4.44. The molecule has 0 bridgehead atoms. The first kappa shape index (κ1) is 16.4. The van der Waals surface area contributed by atoms with Gasteiger partial charge in [0.1, 0.15) is 0 Å². The van der Waals surface area contributed by atoms with Crippen molar-refractivity contribution in [2.24, 2.45) is 5.92 Å². The van der Waals surface area contributed by atoms with Gasteiger partial charge in [0.15, 0.2) is 0 Å². The molecule has 1 aliphatic heterocycles. The molecule has 1 fully saturated rings. The maximum atomic E-state index is 6.78. The predicted molar refractivity (Wildman–Crippen MR) is 102 cm³/mol. The summed E-state index contributed by atoms with van der Waals surface area (Å²) in [4.78, 5) is 2.43. The van der Waals surface area contributed by atoms with Crippen LogP contribution in [0.5, 0.6) is 0 Å². The van der Waals surface area contributed by atoms with Crippen LogP contribution in [0.15, 0.2) is 49.1 Å². The molecule has 1 unspecified atom stereocenters. The molecule has 3 heteroatoms. The lowest BCUT2D eigenvalue weighted by atomic mass is 9.98. The fourth-order valence-electron chi connectivity index (χ4n) is 3.26. The van der Waals surface area contributed by atoms with E-state index in [1.807, 2.05) is 24.3 Å². The summed E-state index contributed by atoms with van der Waals surface area (Å²) in [5, 5.41) is 1.54. The molecule has 1 atom stereocenters. The molecule has 1 saturated heterocycles. The Morgan fingerprint density at radius 1 is 1.26 bits per heavy atom. The van der Waals surface area contributed by atoms with E-state index in [1.54, 1.807) is 0 Å². The Balaban J connectivity index is 2.15. The number of hydrogen-bond donors (Lipinski definition) is 0. The second-order valence-electron chi connectivity index (χ2n) is 6.28. The summed E-state index contributed by atoms with van der Waals surface area (Å²) in [6.45, 7) is 8.28. The highest BCUT2D eigenvalue weighted by molar-refractivity contribution is 6.35. The molecule has 0 radical (unpaired) electrons. The lowest BCUT2D eigenvalue weighted by molar-refractivity contribution is 0.659. The van der Waals surface area contributed by atoms with Crippen molar-refractivity contribution < 1.29 is 0 Å². The van der Waals surface area contributed by atoms with Gasteiger partial charge in [0.2, 0.25) is 0 Å². The van der Waals surface area contributed by atoms with E-state index in [0.29, 0.717) is 5.92 Å². The van der Waals surface area contributed by atoms with Crippen LogP contribution in [-0.4, -0.2) is 13.1 Å². The van der Waals surface area contributed by atoms with Crippen LogP contribution >= 0.6 is 23.2 Å². The summed E-state index contributed by atoms with van der Waals surface area (Å²) in [6, 6.07) is 12.3. The van der Waals surface area contributed by atoms with E-state index >= 15 is 0 Å².